The summed E-state index contributed by atoms with van der Waals surface area (Å²) in [5.74, 6) is -0.495. The van der Waals surface area contributed by atoms with Crippen molar-refractivity contribution in [2.75, 3.05) is 5.32 Å². The summed E-state index contributed by atoms with van der Waals surface area (Å²) in [6, 6.07) is 9.31. The molecule has 3 aromatic heterocycles. The summed E-state index contributed by atoms with van der Waals surface area (Å²) in [5, 5.41) is 21.1. The Balaban J connectivity index is 1.38. The largest absolute Gasteiger partial charge is 0.454 e. The molecule has 0 spiro atoms. The van der Waals surface area contributed by atoms with E-state index in [-0.39, 0.29) is 36.3 Å². The van der Waals surface area contributed by atoms with Gasteiger partial charge >= 0.3 is 5.69 Å². The van der Waals surface area contributed by atoms with Crippen molar-refractivity contribution in [2.24, 2.45) is 0 Å². The van der Waals surface area contributed by atoms with Crippen molar-refractivity contribution in [2.45, 2.75) is 13.1 Å². The van der Waals surface area contributed by atoms with Crippen LogP contribution in [0.15, 0.2) is 59.5 Å². The van der Waals surface area contributed by atoms with Gasteiger partial charge in [0.05, 0.1) is 18.0 Å². The molecule has 4 aromatic rings. The predicted molar refractivity (Wildman–Crippen MR) is 100 cm³/mol. The lowest BCUT2D eigenvalue weighted by molar-refractivity contribution is -0.385. The van der Waals surface area contributed by atoms with Crippen LogP contribution in [0.3, 0.4) is 0 Å². The number of nitro groups is 1. The number of benzene rings is 1. The van der Waals surface area contributed by atoms with E-state index in [4.69, 9.17) is 4.42 Å². The molecule has 3 heterocycles. The van der Waals surface area contributed by atoms with Gasteiger partial charge in [-0.2, -0.15) is 5.10 Å². The van der Waals surface area contributed by atoms with Crippen LogP contribution < -0.4 is 5.32 Å². The molecule has 1 N–H and O–H groups in total. The molecular weight excluding hydrogens is 397 g/mol. The van der Waals surface area contributed by atoms with Crippen molar-refractivity contribution in [3.05, 3.63) is 88.1 Å². The molecule has 11 nitrogen and oxygen atoms in total. The van der Waals surface area contributed by atoms with E-state index in [1.807, 2.05) is 0 Å². The highest BCUT2D eigenvalue weighted by Gasteiger charge is 2.15. The molecule has 4 rings (SSSR count). The van der Waals surface area contributed by atoms with Crippen LogP contribution in [0.5, 0.6) is 0 Å². The average molecular weight is 411 g/mol. The Bertz CT molecular complexity index is 1210. The minimum Gasteiger partial charge on any atom is -0.454 e. The number of carbonyl (C=O) groups is 1. The standard InChI is InChI=1S/C18H14FN7O4/c19-15-4-2-1-3-12(15)8-25-11-20-18(23-25)22-17(27)16-6-5-14(30-16)10-24-9-13(7-21-24)26(28)29/h1-7,9,11H,8,10H2,(H,22,23,27). The average Bonchev–Trinajstić information content (AvgIpc) is 3.45. The zero-order valence-electron chi connectivity index (χ0n) is 15.3. The van der Waals surface area contributed by atoms with E-state index in [1.165, 1.54) is 34.0 Å². The van der Waals surface area contributed by atoms with Crippen LogP contribution in [0.1, 0.15) is 21.9 Å². The normalized spacial score (nSPS) is 10.8. The molecule has 1 amide bonds. The topological polar surface area (TPSA) is 134 Å². The fourth-order valence-corrected chi connectivity index (χ4v) is 2.67. The second kappa shape index (κ2) is 7.95. The fraction of sp³-hybridized carbons (Fsp3) is 0.111. The van der Waals surface area contributed by atoms with Gasteiger partial charge in [-0.25, -0.2) is 14.1 Å². The third-order valence-corrected chi connectivity index (χ3v) is 4.09. The number of carbonyl (C=O) groups excluding carboxylic acids is 1. The van der Waals surface area contributed by atoms with E-state index in [0.29, 0.717) is 11.3 Å². The fourth-order valence-electron chi connectivity index (χ4n) is 2.67. The third kappa shape index (κ3) is 4.22. The van der Waals surface area contributed by atoms with Gasteiger partial charge < -0.3 is 4.42 Å². The molecule has 0 saturated carbocycles. The summed E-state index contributed by atoms with van der Waals surface area (Å²) in [6.07, 6.45) is 3.76. The van der Waals surface area contributed by atoms with E-state index in [9.17, 15) is 19.3 Å². The Morgan fingerprint density at radius 1 is 1.20 bits per heavy atom. The third-order valence-electron chi connectivity index (χ3n) is 4.09. The Morgan fingerprint density at radius 2 is 2.03 bits per heavy atom. The quantitative estimate of drug-likeness (QED) is 0.365. The van der Waals surface area contributed by atoms with E-state index in [2.05, 4.69) is 20.5 Å². The van der Waals surface area contributed by atoms with E-state index >= 15 is 0 Å². The molecule has 0 atom stereocenters. The summed E-state index contributed by atoms with van der Waals surface area (Å²) in [5.41, 5.74) is 0.298. The predicted octanol–water partition coefficient (Wildman–Crippen LogP) is 2.46. The van der Waals surface area contributed by atoms with Crippen molar-refractivity contribution in [1.82, 2.24) is 24.5 Å². The highest BCUT2D eigenvalue weighted by molar-refractivity contribution is 6.01. The minimum atomic E-state index is -0.573. The maximum atomic E-state index is 13.7. The zero-order chi connectivity index (χ0) is 21.1. The van der Waals surface area contributed by atoms with E-state index < -0.39 is 10.8 Å². The first-order chi connectivity index (χ1) is 14.5. The first-order valence-corrected chi connectivity index (χ1v) is 8.68. The molecule has 0 saturated heterocycles. The molecule has 0 aliphatic heterocycles. The number of rotatable bonds is 7. The minimum absolute atomic E-state index is 0.0112. The summed E-state index contributed by atoms with van der Waals surface area (Å²) < 4.78 is 21.9. The molecule has 1 aromatic carbocycles. The maximum Gasteiger partial charge on any atom is 0.307 e. The van der Waals surface area contributed by atoms with Crippen molar-refractivity contribution in [3.8, 4) is 0 Å². The van der Waals surface area contributed by atoms with Gasteiger partial charge in [-0.15, -0.1) is 5.10 Å². The number of anilines is 1. The summed E-state index contributed by atoms with van der Waals surface area (Å²) in [7, 11) is 0. The van der Waals surface area contributed by atoms with Crippen LogP contribution in [0, 0.1) is 15.9 Å². The molecule has 0 aliphatic rings. The van der Waals surface area contributed by atoms with Gasteiger partial charge in [0.1, 0.15) is 30.3 Å². The summed E-state index contributed by atoms with van der Waals surface area (Å²) >= 11 is 0. The van der Waals surface area contributed by atoms with Crippen LogP contribution in [0.4, 0.5) is 16.0 Å². The molecule has 12 heteroatoms. The Morgan fingerprint density at radius 3 is 2.80 bits per heavy atom. The number of amides is 1. The molecule has 0 fully saturated rings. The molecular formula is C18H14FN7O4. The van der Waals surface area contributed by atoms with Crippen LogP contribution in [-0.4, -0.2) is 35.4 Å². The first-order valence-electron chi connectivity index (χ1n) is 8.68. The Hall–Kier alpha value is -4.35. The number of nitrogens with zero attached hydrogens (tertiary/aromatic N) is 6. The van der Waals surface area contributed by atoms with Crippen LogP contribution in [0.25, 0.3) is 0 Å². The SMILES string of the molecule is O=C(Nc1ncn(Cc2ccccc2F)n1)c1ccc(Cn2cc([N+](=O)[O-])cn2)o1. The van der Waals surface area contributed by atoms with E-state index in [0.717, 1.165) is 6.20 Å². The zero-order valence-corrected chi connectivity index (χ0v) is 15.3. The lowest BCUT2D eigenvalue weighted by Crippen LogP contribution is -2.13. The van der Waals surface area contributed by atoms with Gasteiger partial charge in [0.15, 0.2) is 5.76 Å². The van der Waals surface area contributed by atoms with Gasteiger partial charge in [0.25, 0.3) is 5.91 Å². The van der Waals surface area contributed by atoms with Gasteiger partial charge in [-0.1, -0.05) is 18.2 Å². The monoisotopic (exact) mass is 411 g/mol. The highest BCUT2D eigenvalue weighted by Crippen LogP contribution is 2.14. The van der Waals surface area contributed by atoms with Crippen molar-refractivity contribution in [1.29, 1.82) is 0 Å². The second-order valence-corrected chi connectivity index (χ2v) is 6.23. The first kappa shape index (κ1) is 19.0. The number of furan rings is 1. The highest BCUT2D eigenvalue weighted by atomic mass is 19.1. The second-order valence-electron chi connectivity index (χ2n) is 6.23. The maximum absolute atomic E-state index is 13.7. The van der Waals surface area contributed by atoms with Crippen LogP contribution >= 0.6 is 0 Å². The summed E-state index contributed by atoms with van der Waals surface area (Å²) in [4.78, 5) is 26.5. The number of nitrogens with one attached hydrogen (secondary N) is 1. The molecule has 30 heavy (non-hydrogen) atoms. The number of hydrogen-bond donors (Lipinski definition) is 1. The van der Waals surface area contributed by atoms with Gasteiger partial charge in [0.2, 0.25) is 5.95 Å². The smallest absolute Gasteiger partial charge is 0.307 e. The Kier molecular flexibility index (Phi) is 5.03. The summed E-state index contributed by atoms with van der Waals surface area (Å²) in [6.45, 7) is 0.285. The van der Waals surface area contributed by atoms with Crippen molar-refractivity contribution < 1.29 is 18.5 Å². The molecule has 0 unspecified atom stereocenters. The molecule has 152 valence electrons. The molecule has 0 aliphatic carbocycles. The van der Waals surface area contributed by atoms with Crippen molar-refractivity contribution >= 4 is 17.5 Å². The van der Waals surface area contributed by atoms with Crippen LogP contribution in [0.2, 0.25) is 0 Å². The van der Waals surface area contributed by atoms with Crippen molar-refractivity contribution in [3.63, 3.8) is 0 Å². The lowest BCUT2D eigenvalue weighted by atomic mass is 10.2. The van der Waals surface area contributed by atoms with Gasteiger partial charge in [-0.3, -0.25) is 24.9 Å². The van der Waals surface area contributed by atoms with E-state index in [1.54, 1.807) is 24.3 Å². The Labute approximate surface area is 167 Å². The number of hydrogen-bond acceptors (Lipinski definition) is 7. The van der Waals surface area contributed by atoms with Gasteiger partial charge in [0, 0.05) is 5.56 Å². The van der Waals surface area contributed by atoms with Crippen LogP contribution in [-0.2, 0) is 13.1 Å². The number of aromatic nitrogens is 5. The molecule has 0 bridgehead atoms. The number of halogens is 1. The molecule has 0 radical (unpaired) electrons. The van der Waals surface area contributed by atoms with Gasteiger partial charge in [-0.05, 0) is 18.2 Å². The lowest BCUT2D eigenvalue weighted by Gasteiger charge is -2.02.